The Hall–Kier alpha value is -4.01. The topological polar surface area (TPSA) is 128 Å². The number of esters is 2. The second-order valence-electron chi connectivity index (χ2n) is 11.5. The number of hydrogen-bond donors (Lipinski definition) is 3. The number of ketones is 1. The van der Waals surface area contributed by atoms with Crippen LogP contribution in [0.15, 0.2) is 91.0 Å². The van der Waals surface area contributed by atoms with Crippen molar-refractivity contribution < 1.29 is 33.4 Å². The summed E-state index contributed by atoms with van der Waals surface area (Å²) in [6, 6.07) is 29.7. The number of ether oxygens (including phenoxy) is 2. The Bertz CT molecular complexity index is 1400. The molecule has 0 heterocycles. The van der Waals surface area contributed by atoms with E-state index >= 15 is 0 Å². The lowest BCUT2D eigenvalue weighted by molar-refractivity contribution is -0.147. The molecular weight excluding hydrogens is 659 g/mol. The van der Waals surface area contributed by atoms with E-state index in [1.807, 2.05) is 18.2 Å². The molecule has 0 radical (unpaired) electrons. The van der Waals surface area contributed by atoms with Gasteiger partial charge in [0.1, 0.15) is 29.2 Å². The number of unbranched alkanes of at least 4 members (excludes halogenated alkanes) is 1. The summed E-state index contributed by atoms with van der Waals surface area (Å²) < 4.78 is 10.0. The van der Waals surface area contributed by atoms with Crippen molar-refractivity contribution in [2.45, 2.75) is 70.9 Å². The van der Waals surface area contributed by atoms with Crippen molar-refractivity contribution in [2.75, 3.05) is 25.1 Å². The molecule has 3 aromatic carbocycles. The van der Waals surface area contributed by atoms with Crippen molar-refractivity contribution in [2.24, 2.45) is 0 Å². The first-order valence-corrected chi connectivity index (χ1v) is 19.4. The van der Waals surface area contributed by atoms with Crippen LogP contribution in [0.1, 0.15) is 58.8 Å². The van der Waals surface area contributed by atoms with Crippen LogP contribution in [0.2, 0.25) is 0 Å². The lowest BCUT2D eigenvalue weighted by atomic mass is 10.1. The zero-order valence-corrected chi connectivity index (χ0v) is 30.1. The van der Waals surface area contributed by atoms with E-state index in [0.29, 0.717) is 6.42 Å². The van der Waals surface area contributed by atoms with Crippen molar-refractivity contribution in [1.29, 1.82) is 0 Å². The molecule has 0 spiro atoms. The van der Waals surface area contributed by atoms with Crippen LogP contribution in [0.25, 0.3) is 0 Å². The molecule has 0 saturated carbocycles. The van der Waals surface area contributed by atoms with E-state index in [2.05, 4.69) is 96.1 Å². The maximum atomic E-state index is 13.1. The third kappa shape index (κ3) is 12.1. The SMILES string of the molecule is CCOC(=O)CCC(=O)C(CS)NC(=O)CCC(NC(=O)CCCC[P+](c1ccccc1)(c1ccccc1)c1ccccc1)C(=O)OCC. The molecule has 0 aliphatic rings. The summed E-state index contributed by atoms with van der Waals surface area (Å²) in [5, 5.41) is 9.21. The van der Waals surface area contributed by atoms with Crippen molar-refractivity contribution in [3.63, 3.8) is 0 Å². The number of Topliss-reactive ketones (excluding diaryl/α,β-unsaturated/α-hetero) is 1. The summed E-state index contributed by atoms with van der Waals surface area (Å²) in [5.74, 6) is -2.18. The van der Waals surface area contributed by atoms with Gasteiger partial charge in [-0.3, -0.25) is 19.2 Å². The van der Waals surface area contributed by atoms with Crippen LogP contribution in [-0.4, -0.2) is 66.7 Å². The van der Waals surface area contributed by atoms with Gasteiger partial charge in [0, 0.05) is 25.0 Å². The second-order valence-corrected chi connectivity index (χ2v) is 15.5. The van der Waals surface area contributed by atoms with Gasteiger partial charge in [0.15, 0.2) is 5.78 Å². The highest BCUT2D eigenvalue weighted by Crippen LogP contribution is 2.55. The van der Waals surface area contributed by atoms with Gasteiger partial charge in [-0.25, -0.2) is 4.79 Å². The van der Waals surface area contributed by atoms with E-state index in [1.165, 1.54) is 15.9 Å². The number of nitrogens with one attached hydrogen (secondary N) is 2. The average Bonchev–Trinajstić information content (AvgIpc) is 3.12. The number of benzene rings is 3. The smallest absolute Gasteiger partial charge is 0.328 e. The van der Waals surface area contributed by atoms with Crippen LogP contribution in [0.3, 0.4) is 0 Å². The third-order valence-electron chi connectivity index (χ3n) is 8.09. The van der Waals surface area contributed by atoms with E-state index in [4.69, 9.17) is 9.47 Å². The Morgan fingerprint density at radius 3 is 1.61 bits per heavy atom. The van der Waals surface area contributed by atoms with Crippen molar-refractivity contribution in [1.82, 2.24) is 10.6 Å². The van der Waals surface area contributed by atoms with Gasteiger partial charge >= 0.3 is 11.9 Å². The van der Waals surface area contributed by atoms with Crippen LogP contribution in [0.5, 0.6) is 0 Å². The monoisotopic (exact) mass is 707 g/mol. The molecule has 0 bridgehead atoms. The molecule has 0 saturated heterocycles. The predicted octanol–water partition coefficient (Wildman–Crippen LogP) is 4.31. The van der Waals surface area contributed by atoms with E-state index in [1.54, 1.807) is 13.8 Å². The second kappa shape index (κ2) is 21.2. The normalized spacial score (nSPS) is 12.3. The van der Waals surface area contributed by atoms with Crippen molar-refractivity contribution in [3.8, 4) is 0 Å². The summed E-state index contributed by atoms with van der Waals surface area (Å²) in [5.41, 5.74) is 0. The van der Waals surface area contributed by atoms with Crippen molar-refractivity contribution >= 4 is 65.3 Å². The quantitative estimate of drug-likeness (QED) is 0.0652. The van der Waals surface area contributed by atoms with Crippen molar-refractivity contribution in [3.05, 3.63) is 91.0 Å². The highest BCUT2D eigenvalue weighted by atomic mass is 32.1. The lowest BCUT2D eigenvalue weighted by Crippen LogP contribution is -2.45. The van der Waals surface area contributed by atoms with E-state index in [9.17, 15) is 24.0 Å². The summed E-state index contributed by atoms with van der Waals surface area (Å²) in [6.45, 7) is 3.69. The first-order valence-electron chi connectivity index (χ1n) is 16.8. The molecule has 0 aliphatic carbocycles. The van der Waals surface area contributed by atoms with Gasteiger partial charge in [-0.2, -0.15) is 12.6 Å². The third-order valence-corrected chi connectivity index (χ3v) is 13.0. The van der Waals surface area contributed by atoms with Gasteiger partial charge in [0.25, 0.3) is 0 Å². The number of carbonyl (C=O) groups is 5. The Kier molecular flexibility index (Phi) is 17.0. The molecule has 2 amide bonds. The van der Waals surface area contributed by atoms with Crippen LogP contribution in [-0.2, 0) is 33.4 Å². The molecule has 3 rings (SSSR count). The molecule has 262 valence electrons. The first-order chi connectivity index (χ1) is 23.7. The average molecular weight is 708 g/mol. The molecule has 3 aromatic rings. The molecule has 2 unspecified atom stereocenters. The summed E-state index contributed by atoms with van der Waals surface area (Å²) in [4.78, 5) is 62.7. The van der Waals surface area contributed by atoms with E-state index in [0.717, 1.165) is 12.6 Å². The fraction of sp³-hybridized carbons (Fsp3) is 0.395. The summed E-state index contributed by atoms with van der Waals surface area (Å²) in [6.07, 6.45) is 2.15. The number of rotatable bonds is 21. The lowest BCUT2D eigenvalue weighted by Gasteiger charge is -2.27. The molecule has 0 aliphatic heterocycles. The Morgan fingerprint density at radius 2 is 1.12 bits per heavy atom. The maximum Gasteiger partial charge on any atom is 0.328 e. The number of thiol groups is 1. The molecule has 11 heteroatoms. The van der Waals surface area contributed by atoms with Crippen LogP contribution >= 0.6 is 19.9 Å². The molecule has 49 heavy (non-hydrogen) atoms. The number of carbonyl (C=O) groups excluding carboxylic acids is 5. The first kappa shape index (κ1) is 39.4. The van der Waals surface area contributed by atoms with Gasteiger partial charge in [0.2, 0.25) is 11.8 Å². The van der Waals surface area contributed by atoms with Gasteiger partial charge in [0.05, 0.1) is 31.8 Å². The van der Waals surface area contributed by atoms with E-state index in [-0.39, 0.29) is 62.8 Å². The summed E-state index contributed by atoms with van der Waals surface area (Å²) >= 11 is 4.17. The minimum Gasteiger partial charge on any atom is -0.466 e. The minimum absolute atomic E-state index is 0.00260. The zero-order valence-electron chi connectivity index (χ0n) is 28.3. The Labute approximate surface area is 295 Å². The predicted molar refractivity (Wildman–Crippen MR) is 198 cm³/mol. The number of amides is 2. The maximum absolute atomic E-state index is 13.1. The van der Waals surface area contributed by atoms with Crippen LogP contribution in [0, 0.1) is 0 Å². The van der Waals surface area contributed by atoms with E-state index < -0.39 is 37.2 Å². The van der Waals surface area contributed by atoms with Crippen LogP contribution < -0.4 is 26.5 Å². The summed E-state index contributed by atoms with van der Waals surface area (Å²) in [7, 11) is -2.02. The molecule has 2 N–H and O–H groups in total. The van der Waals surface area contributed by atoms with Crippen LogP contribution in [0.4, 0.5) is 0 Å². The molecular formula is C38H48N2O7PS+. The minimum atomic E-state index is -2.02. The zero-order chi connectivity index (χ0) is 35.5. The fourth-order valence-electron chi connectivity index (χ4n) is 5.68. The van der Waals surface area contributed by atoms with Gasteiger partial charge in [-0.05, 0) is 69.5 Å². The molecule has 2 atom stereocenters. The molecule has 0 fully saturated rings. The van der Waals surface area contributed by atoms with Gasteiger partial charge in [-0.1, -0.05) is 54.6 Å². The highest BCUT2D eigenvalue weighted by Gasteiger charge is 2.44. The highest BCUT2D eigenvalue weighted by molar-refractivity contribution is 7.95. The Morgan fingerprint density at radius 1 is 0.633 bits per heavy atom. The van der Waals surface area contributed by atoms with Gasteiger partial charge in [-0.15, -0.1) is 0 Å². The standard InChI is InChI=1S/C38H47N2O7PS/c1-3-46-37(44)26-24-34(41)33(28-49)40-36(43)25-23-32(38(45)47-4-2)39-35(42)22-14-15-27-48(29-16-8-5-9-17-29,30-18-10-6-11-19-30)31-20-12-7-13-21-31/h5-13,16-21,32-33H,3-4,14-15,22-28H2,1-2H3,(H2-,39,40,42,43,49)/p+1. The largest absolute Gasteiger partial charge is 0.466 e. The number of hydrogen-bond acceptors (Lipinski definition) is 8. The molecule has 9 nitrogen and oxygen atoms in total. The molecule has 0 aromatic heterocycles. The Balaban J connectivity index is 1.62. The van der Waals surface area contributed by atoms with Gasteiger partial charge < -0.3 is 20.1 Å². The fourth-order valence-corrected chi connectivity index (χ4v) is 10.4.